The summed E-state index contributed by atoms with van der Waals surface area (Å²) in [5, 5.41) is 0. The molecule has 3 nitrogen and oxygen atoms in total. The molecule has 0 aliphatic rings. The predicted octanol–water partition coefficient (Wildman–Crippen LogP) is 2.22. The molecule has 0 aromatic heterocycles. The lowest BCUT2D eigenvalue weighted by atomic mass is 10.1. The van der Waals surface area contributed by atoms with Crippen molar-refractivity contribution in [2.45, 2.75) is 19.8 Å². The smallest absolute Gasteiger partial charge is 0.177 e. The second-order valence-corrected chi connectivity index (χ2v) is 6.06. The van der Waals surface area contributed by atoms with Crippen LogP contribution < -0.4 is 0 Å². The molecule has 0 saturated heterocycles. The maximum atomic E-state index is 12.6. The molecule has 0 fully saturated rings. The first-order chi connectivity index (χ1) is 7.94. The van der Waals surface area contributed by atoms with Gasteiger partial charge in [0, 0.05) is 5.56 Å². The summed E-state index contributed by atoms with van der Waals surface area (Å²) in [4.78, 5) is 11.6. The highest BCUT2D eigenvalue weighted by Gasteiger charge is 2.17. The maximum absolute atomic E-state index is 12.6. The van der Waals surface area contributed by atoms with E-state index in [9.17, 15) is 17.6 Å². The Morgan fingerprint density at radius 2 is 1.82 bits per heavy atom. The molecule has 0 bridgehead atoms. The van der Waals surface area contributed by atoms with Crippen LogP contribution in [0.3, 0.4) is 0 Å². The van der Waals surface area contributed by atoms with Crippen LogP contribution in [0.2, 0.25) is 0 Å². The molecule has 0 aliphatic heterocycles. The van der Waals surface area contributed by atoms with E-state index in [4.69, 9.17) is 0 Å². The van der Waals surface area contributed by atoms with Gasteiger partial charge in [0.1, 0.15) is 11.6 Å². The number of carbonyl (C=O) groups is 1. The second-order valence-electron chi connectivity index (χ2n) is 3.88. The number of Topliss-reactive ketones (excluding diaryl/α,β-unsaturated/α-hetero) is 1. The van der Waals surface area contributed by atoms with Crippen molar-refractivity contribution in [2.75, 3.05) is 11.5 Å². The van der Waals surface area contributed by atoms with Crippen molar-refractivity contribution in [1.29, 1.82) is 0 Å². The van der Waals surface area contributed by atoms with Gasteiger partial charge in [-0.2, -0.15) is 0 Å². The molecule has 0 heterocycles. The molecule has 0 N–H and O–H groups in total. The maximum Gasteiger partial charge on any atom is 0.177 e. The minimum atomic E-state index is -3.34. The third-order valence-corrected chi connectivity index (χ3v) is 3.94. The summed E-state index contributed by atoms with van der Waals surface area (Å²) in [6, 6.07) is 4.89. The standard InChI is InChI=1S/C12H15FO3S/c1-2-3-8-17(15,16)9-12(14)10-4-6-11(13)7-5-10/h4-7H,2-3,8-9H2,1H3. The Balaban J connectivity index is 2.69. The van der Waals surface area contributed by atoms with E-state index >= 15 is 0 Å². The van der Waals surface area contributed by atoms with E-state index in [-0.39, 0.29) is 11.3 Å². The molecule has 0 atom stereocenters. The zero-order chi connectivity index (χ0) is 12.9. The third kappa shape index (κ3) is 4.65. The Labute approximate surface area is 101 Å². The van der Waals surface area contributed by atoms with Crippen LogP contribution in [0.15, 0.2) is 24.3 Å². The summed E-state index contributed by atoms with van der Waals surface area (Å²) in [7, 11) is -3.34. The summed E-state index contributed by atoms with van der Waals surface area (Å²) in [6.07, 6.45) is 1.32. The van der Waals surface area contributed by atoms with Gasteiger partial charge in [0.25, 0.3) is 0 Å². The Hall–Kier alpha value is -1.23. The number of hydrogen-bond donors (Lipinski definition) is 0. The van der Waals surface area contributed by atoms with Crippen LogP contribution in [0.1, 0.15) is 30.1 Å². The van der Waals surface area contributed by atoms with Gasteiger partial charge in [0.05, 0.1) is 5.75 Å². The summed E-state index contributed by atoms with van der Waals surface area (Å²) in [5.74, 6) is -1.41. The first-order valence-corrected chi connectivity index (χ1v) is 7.26. The molecule has 94 valence electrons. The fourth-order valence-corrected chi connectivity index (χ4v) is 2.79. The molecule has 0 radical (unpaired) electrons. The molecule has 0 amide bonds. The van der Waals surface area contributed by atoms with Crippen LogP contribution in [0.4, 0.5) is 4.39 Å². The number of hydrogen-bond acceptors (Lipinski definition) is 3. The Morgan fingerprint density at radius 3 is 2.35 bits per heavy atom. The van der Waals surface area contributed by atoms with Crippen LogP contribution in [-0.4, -0.2) is 25.7 Å². The van der Waals surface area contributed by atoms with Gasteiger partial charge in [-0.15, -0.1) is 0 Å². The molecular weight excluding hydrogens is 243 g/mol. The molecule has 0 spiro atoms. The summed E-state index contributed by atoms with van der Waals surface area (Å²) in [6.45, 7) is 1.89. The van der Waals surface area contributed by atoms with E-state index in [1.54, 1.807) is 0 Å². The highest BCUT2D eigenvalue weighted by molar-refractivity contribution is 7.92. The van der Waals surface area contributed by atoms with E-state index in [0.717, 1.165) is 18.6 Å². The minimum Gasteiger partial charge on any atom is -0.293 e. The zero-order valence-corrected chi connectivity index (χ0v) is 10.5. The van der Waals surface area contributed by atoms with Gasteiger partial charge < -0.3 is 0 Å². The summed E-state index contributed by atoms with van der Waals surface area (Å²) in [5.41, 5.74) is 0.228. The fraction of sp³-hybridized carbons (Fsp3) is 0.417. The third-order valence-electron chi connectivity index (χ3n) is 2.33. The number of halogens is 1. The Morgan fingerprint density at radius 1 is 1.24 bits per heavy atom. The Bertz CT molecular complexity index is 477. The second kappa shape index (κ2) is 5.91. The van der Waals surface area contributed by atoms with Gasteiger partial charge in [-0.05, 0) is 30.7 Å². The van der Waals surface area contributed by atoms with Crippen molar-refractivity contribution in [3.8, 4) is 0 Å². The van der Waals surface area contributed by atoms with Crippen molar-refractivity contribution < 1.29 is 17.6 Å². The molecule has 1 aromatic carbocycles. The van der Waals surface area contributed by atoms with Gasteiger partial charge in [-0.1, -0.05) is 13.3 Å². The number of carbonyl (C=O) groups excluding carboxylic acids is 1. The van der Waals surface area contributed by atoms with Gasteiger partial charge in [-0.3, -0.25) is 4.79 Å². The van der Waals surface area contributed by atoms with Crippen molar-refractivity contribution in [3.05, 3.63) is 35.6 Å². The largest absolute Gasteiger partial charge is 0.293 e. The molecule has 0 aliphatic carbocycles. The highest BCUT2D eigenvalue weighted by atomic mass is 32.2. The zero-order valence-electron chi connectivity index (χ0n) is 9.65. The van der Waals surface area contributed by atoms with E-state index in [2.05, 4.69) is 0 Å². The minimum absolute atomic E-state index is 0.0242. The van der Waals surface area contributed by atoms with Crippen LogP contribution in [-0.2, 0) is 9.84 Å². The number of unbranched alkanes of at least 4 members (excludes halogenated alkanes) is 1. The first kappa shape index (κ1) is 13.8. The lowest BCUT2D eigenvalue weighted by Crippen LogP contribution is -2.19. The van der Waals surface area contributed by atoms with Crippen LogP contribution in [0.25, 0.3) is 0 Å². The van der Waals surface area contributed by atoms with Crippen molar-refractivity contribution in [2.24, 2.45) is 0 Å². The fourth-order valence-electron chi connectivity index (χ4n) is 1.36. The van der Waals surface area contributed by atoms with E-state index in [0.29, 0.717) is 6.42 Å². The van der Waals surface area contributed by atoms with E-state index in [1.807, 2.05) is 6.92 Å². The molecule has 1 rings (SSSR count). The van der Waals surface area contributed by atoms with Crippen LogP contribution in [0.5, 0.6) is 0 Å². The van der Waals surface area contributed by atoms with E-state index in [1.165, 1.54) is 12.1 Å². The number of ketones is 1. The van der Waals surface area contributed by atoms with Gasteiger partial charge in [0.15, 0.2) is 15.6 Å². The lowest BCUT2D eigenvalue weighted by Gasteiger charge is -2.03. The lowest BCUT2D eigenvalue weighted by molar-refractivity contribution is 0.102. The van der Waals surface area contributed by atoms with Crippen molar-refractivity contribution >= 4 is 15.6 Å². The van der Waals surface area contributed by atoms with Crippen LogP contribution in [0, 0.1) is 5.82 Å². The summed E-state index contributed by atoms with van der Waals surface area (Å²) >= 11 is 0. The summed E-state index contributed by atoms with van der Waals surface area (Å²) < 4.78 is 35.7. The first-order valence-electron chi connectivity index (χ1n) is 5.44. The van der Waals surface area contributed by atoms with E-state index < -0.39 is 27.2 Å². The average Bonchev–Trinajstić information content (AvgIpc) is 2.26. The molecule has 0 unspecified atom stereocenters. The average molecular weight is 258 g/mol. The van der Waals surface area contributed by atoms with Gasteiger partial charge in [-0.25, -0.2) is 12.8 Å². The van der Waals surface area contributed by atoms with Gasteiger partial charge in [0.2, 0.25) is 0 Å². The van der Waals surface area contributed by atoms with Gasteiger partial charge >= 0.3 is 0 Å². The molecule has 17 heavy (non-hydrogen) atoms. The number of sulfone groups is 1. The number of benzene rings is 1. The van der Waals surface area contributed by atoms with Crippen molar-refractivity contribution in [1.82, 2.24) is 0 Å². The molecular formula is C12H15FO3S. The molecule has 5 heteroatoms. The molecule has 0 saturated carbocycles. The number of rotatable bonds is 6. The predicted molar refractivity (Wildman–Crippen MR) is 64.3 cm³/mol. The SMILES string of the molecule is CCCCS(=O)(=O)CC(=O)c1ccc(F)cc1. The normalized spacial score (nSPS) is 11.4. The monoisotopic (exact) mass is 258 g/mol. The quantitative estimate of drug-likeness (QED) is 0.735. The Kier molecular flexibility index (Phi) is 4.81. The van der Waals surface area contributed by atoms with Crippen molar-refractivity contribution in [3.63, 3.8) is 0 Å². The highest BCUT2D eigenvalue weighted by Crippen LogP contribution is 2.06. The topological polar surface area (TPSA) is 51.2 Å². The van der Waals surface area contributed by atoms with Crippen LogP contribution >= 0.6 is 0 Å². The molecule has 1 aromatic rings.